The van der Waals surface area contributed by atoms with E-state index < -0.39 is 4.92 Å². The molecule has 0 spiro atoms. The van der Waals surface area contributed by atoms with E-state index in [4.69, 9.17) is 16.6 Å². The summed E-state index contributed by atoms with van der Waals surface area (Å²) in [6, 6.07) is 2.76. The van der Waals surface area contributed by atoms with E-state index >= 15 is 0 Å². The molecular weight excluding hydrogens is 326 g/mol. The highest BCUT2D eigenvalue weighted by Gasteiger charge is 2.51. The van der Waals surface area contributed by atoms with Crippen LogP contribution in [0, 0.1) is 10.1 Å². The molecule has 0 bridgehead atoms. The van der Waals surface area contributed by atoms with Crippen molar-refractivity contribution in [2.45, 2.75) is 24.8 Å². The number of hydrogen-bond acceptors (Lipinski definition) is 6. The Labute approximate surface area is 137 Å². The third-order valence-electron chi connectivity index (χ3n) is 3.49. The Bertz CT molecular complexity index is 666. The Morgan fingerprint density at radius 2 is 2.23 bits per heavy atom. The first-order chi connectivity index (χ1) is 10.2. The van der Waals surface area contributed by atoms with Crippen LogP contribution in [0.5, 0.6) is 0 Å². The molecule has 1 aromatic rings. The second-order valence-electron chi connectivity index (χ2n) is 5.27. The molecule has 1 aliphatic heterocycles. The third-order valence-corrected chi connectivity index (χ3v) is 5.54. The number of nitro groups is 1. The van der Waals surface area contributed by atoms with Crippen molar-refractivity contribution in [2.24, 2.45) is 0 Å². The topological polar surface area (TPSA) is 82.8 Å². The molecule has 1 N–H and O–H groups in total. The van der Waals surface area contributed by atoms with E-state index in [1.165, 1.54) is 36.2 Å². The van der Waals surface area contributed by atoms with Gasteiger partial charge in [0.1, 0.15) is 20.5 Å². The standard InChI is InChI=1S/C13H16N3O4S2/c1-13(2)11(22-12(21)14(13)3)15(17)8-4-5-9-6-7-10(20-9)16(18)19/h4-8,11,17H,1-3H3/q+1. The van der Waals surface area contributed by atoms with E-state index in [1.807, 2.05) is 25.8 Å². The first-order valence-electron chi connectivity index (χ1n) is 6.41. The number of nitrogens with zero attached hydrogens (tertiary/aromatic N) is 3. The van der Waals surface area contributed by atoms with Crippen LogP contribution in [0.2, 0.25) is 0 Å². The zero-order chi connectivity index (χ0) is 16.5. The Kier molecular flexibility index (Phi) is 4.57. The van der Waals surface area contributed by atoms with Gasteiger partial charge in [0.05, 0.1) is 6.07 Å². The molecule has 1 unspecified atom stereocenters. The van der Waals surface area contributed by atoms with E-state index in [0.717, 1.165) is 4.74 Å². The van der Waals surface area contributed by atoms with Crippen molar-refractivity contribution < 1.29 is 19.3 Å². The molecule has 1 atom stereocenters. The number of hydroxylamine groups is 1. The van der Waals surface area contributed by atoms with Crippen molar-refractivity contribution in [1.82, 2.24) is 4.90 Å². The predicted octanol–water partition coefficient (Wildman–Crippen LogP) is 2.74. The van der Waals surface area contributed by atoms with E-state index in [0.29, 0.717) is 10.1 Å². The Morgan fingerprint density at radius 3 is 2.73 bits per heavy atom. The fraction of sp³-hybridized carbons (Fsp3) is 0.385. The molecule has 9 heteroatoms. The molecule has 22 heavy (non-hydrogen) atoms. The minimum Gasteiger partial charge on any atom is -0.401 e. The van der Waals surface area contributed by atoms with Crippen molar-refractivity contribution in [2.75, 3.05) is 7.05 Å². The SMILES string of the molecule is CN1C(=S)SC([N+](O)=CC=Cc2ccc([N+](=O)[O-])o2)C1(C)C. The third kappa shape index (κ3) is 3.14. The largest absolute Gasteiger partial charge is 0.433 e. The van der Waals surface area contributed by atoms with Crippen LogP contribution in [0.1, 0.15) is 19.6 Å². The second kappa shape index (κ2) is 6.09. The van der Waals surface area contributed by atoms with Gasteiger partial charge in [-0.1, -0.05) is 12.2 Å². The molecule has 2 rings (SSSR count). The van der Waals surface area contributed by atoms with Gasteiger partial charge in [0.25, 0.3) is 5.37 Å². The van der Waals surface area contributed by atoms with E-state index in [9.17, 15) is 15.3 Å². The van der Waals surface area contributed by atoms with Gasteiger partial charge in [-0.2, -0.15) is 0 Å². The van der Waals surface area contributed by atoms with Crippen LogP contribution in [0.3, 0.4) is 0 Å². The zero-order valence-electron chi connectivity index (χ0n) is 12.3. The molecule has 0 amide bonds. The maximum atomic E-state index is 10.5. The highest BCUT2D eigenvalue weighted by atomic mass is 32.2. The number of thioether (sulfide) groups is 1. The molecule has 7 nitrogen and oxygen atoms in total. The first kappa shape index (κ1) is 16.5. The van der Waals surface area contributed by atoms with Gasteiger partial charge in [-0.05, 0) is 42.5 Å². The average molecular weight is 342 g/mol. The van der Waals surface area contributed by atoms with Crippen LogP contribution in [-0.2, 0) is 0 Å². The van der Waals surface area contributed by atoms with Gasteiger partial charge in [-0.3, -0.25) is 15.3 Å². The molecule has 2 heterocycles. The summed E-state index contributed by atoms with van der Waals surface area (Å²) < 4.78 is 6.78. The van der Waals surface area contributed by atoms with E-state index in [-0.39, 0.29) is 16.8 Å². The van der Waals surface area contributed by atoms with Crippen molar-refractivity contribution in [3.63, 3.8) is 0 Å². The lowest BCUT2D eigenvalue weighted by molar-refractivity contribution is -0.785. The molecule has 118 valence electrons. The summed E-state index contributed by atoms with van der Waals surface area (Å²) in [5.74, 6) is 0.0160. The van der Waals surface area contributed by atoms with Crippen molar-refractivity contribution in [1.29, 1.82) is 0 Å². The maximum Gasteiger partial charge on any atom is 0.433 e. The van der Waals surface area contributed by atoms with Gasteiger partial charge in [-0.25, -0.2) is 0 Å². The second-order valence-corrected chi connectivity index (χ2v) is 6.98. The molecule has 1 fully saturated rings. The van der Waals surface area contributed by atoms with Crippen LogP contribution < -0.4 is 0 Å². The lowest BCUT2D eigenvalue weighted by Gasteiger charge is -2.28. The van der Waals surface area contributed by atoms with Gasteiger partial charge in [0, 0.05) is 13.1 Å². The molecule has 0 aliphatic carbocycles. The number of likely N-dealkylation sites (N-methyl/N-ethyl adjacent to an activating group) is 1. The monoisotopic (exact) mass is 342 g/mol. The quantitative estimate of drug-likeness (QED) is 0.225. The lowest BCUT2D eigenvalue weighted by atomic mass is 10.0. The lowest BCUT2D eigenvalue weighted by Crippen LogP contribution is -2.47. The Hall–Kier alpha value is -1.87. The highest BCUT2D eigenvalue weighted by molar-refractivity contribution is 8.23. The summed E-state index contributed by atoms with van der Waals surface area (Å²) >= 11 is 6.64. The number of furan rings is 1. The molecular formula is C13H16N3O4S2+. The van der Waals surface area contributed by atoms with Crippen LogP contribution in [0.4, 0.5) is 5.88 Å². The van der Waals surface area contributed by atoms with Gasteiger partial charge >= 0.3 is 5.88 Å². The van der Waals surface area contributed by atoms with Gasteiger partial charge < -0.3 is 9.32 Å². The molecule has 0 saturated carbocycles. The number of hydrogen-bond donors (Lipinski definition) is 1. The van der Waals surface area contributed by atoms with Crippen molar-refractivity contribution >= 4 is 46.5 Å². The molecule has 0 radical (unpaired) electrons. The molecule has 0 aromatic carbocycles. The van der Waals surface area contributed by atoms with Crippen molar-refractivity contribution in [3.8, 4) is 0 Å². The van der Waals surface area contributed by atoms with Gasteiger partial charge in [-0.15, -0.1) is 0 Å². The van der Waals surface area contributed by atoms with Gasteiger partial charge in [0.15, 0.2) is 0 Å². The van der Waals surface area contributed by atoms with E-state index in [1.54, 1.807) is 6.08 Å². The van der Waals surface area contributed by atoms with E-state index in [2.05, 4.69) is 0 Å². The predicted molar refractivity (Wildman–Crippen MR) is 88.3 cm³/mol. The number of rotatable bonds is 4. The summed E-state index contributed by atoms with van der Waals surface area (Å²) in [6.07, 6.45) is 4.56. The summed E-state index contributed by atoms with van der Waals surface area (Å²) in [5, 5.41) is 20.4. The summed E-state index contributed by atoms with van der Waals surface area (Å²) in [5.41, 5.74) is -0.329. The summed E-state index contributed by atoms with van der Waals surface area (Å²) in [6.45, 7) is 3.97. The Balaban J connectivity index is 2.11. The van der Waals surface area contributed by atoms with Crippen LogP contribution >= 0.6 is 24.0 Å². The maximum absolute atomic E-state index is 10.5. The summed E-state index contributed by atoms with van der Waals surface area (Å²) in [4.78, 5) is 11.9. The van der Waals surface area contributed by atoms with Gasteiger partial charge in [0.2, 0.25) is 6.21 Å². The molecule has 1 aromatic heterocycles. The van der Waals surface area contributed by atoms with Crippen LogP contribution in [0.25, 0.3) is 6.08 Å². The highest BCUT2D eigenvalue weighted by Crippen LogP contribution is 2.38. The average Bonchev–Trinajstić information content (AvgIpc) is 2.98. The fourth-order valence-corrected chi connectivity index (χ4v) is 3.65. The Morgan fingerprint density at radius 1 is 1.55 bits per heavy atom. The zero-order valence-corrected chi connectivity index (χ0v) is 13.9. The fourth-order valence-electron chi connectivity index (χ4n) is 1.93. The van der Waals surface area contributed by atoms with Crippen LogP contribution in [-0.4, -0.2) is 48.3 Å². The van der Waals surface area contributed by atoms with Crippen molar-refractivity contribution in [3.05, 3.63) is 34.1 Å². The van der Waals surface area contributed by atoms with Crippen LogP contribution in [0.15, 0.2) is 22.6 Å². The smallest absolute Gasteiger partial charge is 0.401 e. The first-order valence-corrected chi connectivity index (χ1v) is 7.69. The number of thiocarbonyl (C=S) groups is 1. The minimum absolute atomic E-state index is 0.249. The molecule has 1 saturated heterocycles. The summed E-state index contributed by atoms with van der Waals surface area (Å²) in [7, 11) is 1.89. The molecule has 1 aliphatic rings. The normalized spacial score (nSPS) is 21.8. The number of allylic oxidation sites excluding steroid dienone is 1. The minimum atomic E-state index is -0.603.